The zero-order valence-corrected chi connectivity index (χ0v) is 16.3. The average molecular weight is 378 g/mol. The van der Waals surface area contributed by atoms with Crippen LogP contribution in [0.4, 0.5) is 22.7 Å². The van der Waals surface area contributed by atoms with E-state index in [1.165, 1.54) is 6.07 Å². The summed E-state index contributed by atoms with van der Waals surface area (Å²) >= 11 is 0. The molecule has 7 nitrogen and oxygen atoms in total. The fourth-order valence-electron chi connectivity index (χ4n) is 3.23. The van der Waals surface area contributed by atoms with Crippen LogP contribution in [-0.2, 0) is 0 Å². The molecule has 0 aromatic heterocycles. The number of nitrogens with zero attached hydrogens (tertiary/aromatic N) is 3. The number of nitro benzene ring substituents is 1. The monoisotopic (exact) mass is 378 g/mol. The second-order valence-corrected chi connectivity index (χ2v) is 6.85. The van der Waals surface area contributed by atoms with Crippen molar-refractivity contribution in [1.29, 1.82) is 0 Å². The molecule has 3 rings (SSSR count). The Labute approximate surface area is 163 Å². The molecule has 7 heteroatoms. The number of nitro groups is 1. The topological polar surface area (TPSA) is 78.7 Å². The van der Waals surface area contributed by atoms with Crippen molar-refractivity contribution in [3.63, 3.8) is 0 Å². The highest BCUT2D eigenvalue weighted by Gasteiger charge is 2.23. The van der Waals surface area contributed by atoms with Crippen LogP contribution >= 0.6 is 0 Å². The van der Waals surface area contributed by atoms with E-state index in [4.69, 9.17) is 0 Å². The number of nitrogens with one attached hydrogen (secondary N) is 1. The zero-order chi connectivity index (χ0) is 20.4. The van der Waals surface area contributed by atoms with Crippen LogP contribution in [0, 0.1) is 10.1 Å². The largest absolute Gasteiger partial charge is 0.377 e. The number of hydrogen-bond acceptors (Lipinski definition) is 5. The number of amides is 1. The second kappa shape index (κ2) is 7.56. The Balaban J connectivity index is 2.29. The van der Waals surface area contributed by atoms with Crippen LogP contribution in [0.15, 0.2) is 54.6 Å². The normalized spacial score (nSPS) is 10.6. The van der Waals surface area contributed by atoms with Gasteiger partial charge in [0.1, 0.15) is 0 Å². The van der Waals surface area contributed by atoms with Gasteiger partial charge in [0.25, 0.3) is 11.6 Å². The lowest BCUT2D eigenvalue weighted by Gasteiger charge is -2.23. The van der Waals surface area contributed by atoms with E-state index in [0.29, 0.717) is 16.6 Å². The Morgan fingerprint density at radius 2 is 1.43 bits per heavy atom. The summed E-state index contributed by atoms with van der Waals surface area (Å²) < 4.78 is 0. The third-order valence-corrected chi connectivity index (χ3v) is 4.54. The Morgan fingerprint density at radius 1 is 0.857 bits per heavy atom. The van der Waals surface area contributed by atoms with E-state index in [9.17, 15) is 14.9 Å². The fraction of sp³-hybridized carbons (Fsp3) is 0.190. The first kappa shape index (κ1) is 19.2. The third-order valence-electron chi connectivity index (χ3n) is 4.54. The smallest absolute Gasteiger partial charge is 0.279 e. The van der Waals surface area contributed by atoms with Crippen LogP contribution in [0.25, 0.3) is 10.8 Å². The molecule has 0 saturated heterocycles. The van der Waals surface area contributed by atoms with Gasteiger partial charge >= 0.3 is 0 Å². The summed E-state index contributed by atoms with van der Waals surface area (Å²) in [5.74, 6) is -0.316. The molecule has 144 valence electrons. The number of anilines is 3. The van der Waals surface area contributed by atoms with E-state index in [-0.39, 0.29) is 11.6 Å². The van der Waals surface area contributed by atoms with Gasteiger partial charge in [0.2, 0.25) is 0 Å². The first-order chi connectivity index (χ1) is 13.3. The molecule has 0 aliphatic rings. The summed E-state index contributed by atoms with van der Waals surface area (Å²) in [5.41, 5.74) is 2.51. The third kappa shape index (κ3) is 3.46. The minimum Gasteiger partial charge on any atom is -0.377 e. The molecular formula is C21H22N4O3. The number of carbonyl (C=O) groups excluding carboxylic acids is 1. The summed E-state index contributed by atoms with van der Waals surface area (Å²) in [4.78, 5) is 27.8. The van der Waals surface area contributed by atoms with Crippen molar-refractivity contribution in [2.24, 2.45) is 0 Å². The molecular weight excluding hydrogens is 356 g/mol. The van der Waals surface area contributed by atoms with Crippen molar-refractivity contribution in [2.75, 3.05) is 43.3 Å². The summed E-state index contributed by atoms with van der Waals surface area (Å²) in [6, 6.07) is 15.6. The Morgan fingerprint density at radius 3 is 1.96 bits per heavy atom. The number of benzene rings is 3. The lowest BCUT2D eigenvalue weighted by molar-refractivity contribution is -0.383. The van der Waals surface area contributed by atoms with Crippen molar-refractivity contribution < 1.29 is 9.72 Å². The van der Waals surface area contributed by atoms with Gasteiger partial charge in [-0.1, -0.05) is 18.2 Å². The average Bonchev–Trinajstić information content (AvgIpc) is 2.67. The molecule has 0 spiro atoms. The van der Waals surface area contributed by atoms with Crippen LogP contribution in [0.2, 0.25) is 0 Å². The molecule has 0 fully saturated rings. The van der Waals surface area contributed by atoms with Crippen LogP contribution in [0.5, 0.6) is 0 Å². The van der Waals surface area contributed by atoms with E-state index in [0.717, 1.165) is 16.8 Å². The summed E-state index contributed by atoms with van der Waals surface area (Å²) in [6.07, 6.45) is 0. The second-order valence-electron chi connectivity index (χ2n) is 6.85. The van der Waals surface area contributed by atoms with Gasteiger partial charge in [-0.2, -0.15) is 0 Å². The molecule has 3 aromatic carbocycles. The van der Waals surface area contributed by atoms with Crippen molar-refractivity contribution >= 4 is 39.4 Å². The van der Waals surface area contributed by atoms with Gasteiger partial charge in [0.05, 0.1) is 16.0 Å². The minimum atomic E-state index is -0.417. The van der Waals surface area contributed by atoms with Gasteiger partial charge in [-0.25, -0.2) is 0 Å². The molecule has 0 radical (unpaired) electrons. The SMILES string of the molecule is CN(C)c1ccc(NC(=O)c2ccccc2)c2c([N+](=O)[O-])ccc(N(C)C)c12. The van der Waals surface area contributed by atoms with Gasteiger partial charge in [-0.3, -0.25) is 14.9 Å². The molecule has 0 unspecified atom stereocenters. The minimum absolute atomic E-state index is 0.0485. The molecule has 0 saturated carbocycles. The van der Waals surface area contributed by atoms with E-state index < -0.39 is 4.92 Å². The van der Waals surface area contributed by atoms with Crippen molar-refractivity contribution in [1.82, 2.24) is 0 Å². The maximum Gasteiger partial charge on any atom is 0.279 e. The quantitative estimate of drug-likeness (QED) is 0.533. The van der Waals surface area contributed by atoms with Crippen LogP contribution in [0.3, 0.4) is 0 Å². The van der Waals surface area contributed by atoms with E-state index in [2.05, 4.69) is 5.32 Å². The highest BCUT2D eigenvalue weighted by molar-refractivity contribution is 6.17. The Bertz CT molecular complexity index is 1030. The van der Waals surface area contributed by atoms with Crippen LogP contribution in [-0.4, -0.2) is 39.0 Å². The van der Waals surface area contributed by atoms with Gasteiger partial charge in [0.15, 0.2) is 0 Å². The van der Waals surface area contributed by atoms with Gasteiger partial charge in [0, 0.05) is 56.6 Å². The van der Waals surface area contributed by atoms with Crippen molar-refractivity contribution in [3.05, 3.63) is 70.3 Å². The fourth-order valence-corrected chi connectivity index (χ4v) is 3.23. The maximum absolute atomic E-state index is 12.7. The van der Waals surface area contributed by atoms with E-state index >= 15 is 0 Å². The molecule has 0 heterocycles. The molecule has 1 N–H and O–H groups in total. The number of carbonyl (C=O) groups is 1. The van der Waals surface area contributed by atoms with E-state index in [1.807, 2.05) is 50.1 Å². The molecule has 0 aliphatic carbocycles. The number of fused-ring (bicyclic) bond motifs is 1. The molecule has 0 aliphatic heterocycles. The first-order valence-corrected chi connectivity index (χ1v) is 8.76. The van der Waals surface area contributed by atoms with Crippen molar-refractivity contribution in [3.8, 4) is 0 Å². The molecule has 0 bridgehead atoms. The lowest BCUT2D eigenvalue weighted by atomic mass is 10.0. The molecule has 1 amide bonds. The predicted octanol–water partition coefficient (Wildman–Crippen LogP) is 4.13. The van der Waals surface area contributed by atoms with Gasteiger partial charge < -0.3 is 15.1 Å². The summed E-state index contributed by atoms with van der Waals surface area (Å²) in [5, 5.41) is 15.7. The molecule has 3 aromatic rings. The van der Waals surface area contributed by atoms with E-state index in [1.54, 1.807) is 36.4 Å². The van der Waals surface area contributed by atoms with Gasteiger partial charge in [-0.05, 0) is 30.3 Å². The summed E-state index contributed by atoms with van der Waals surface area (Å²) in [6.45, 7) is 0. The standard InChI is InChI=1S/C21H22N4O3/c1-23(2)16-11-10-15(22-21(26)14-8-6-5-7-9-14)19-18(25(27)28)13-12-17(20(16)19)24(3)4/h5-13H,1-4H3,(H,22,26). The maximum atomic E-state index is 12.7. The lowest BCUT2D eigenvalue weighted by Crippen LogP contribution is -2.16. The number of rotatable bonds is 5. The number of hydrogen-bond donors (Lipinski definition) is 1. The first-order valence-electron chi connectivity index (χ1n) is 8.76. The van der Waals surface area contributed by atoms with Crippen molar-refractivity contribution in [2.45, 2.75) is 0 Å². The highest BCUT2D eigenvalue weighted by Crippen LogP contribution is 2.43. The van der Waals surface area contributed by atoms with Crippen LogP contribution in [0.1, 0.15) is 10.4 Å². The Kier molecular flexibility index (Phi) is 5.17. The molecule has 0 atom stereocenters. The number of non-ortho nitro benzene ring substituents is 1. The predicted molar refractivity (Wildman–Crippen MR) is 114 cm³/mol. The highest BCUT2D eigenvalue weighted by atomic mass is 16.6. The van der Waals surface area contributed by atoms with Crippen LogP contribution < -0.4 is 15.1 Å². The zero-order valence-electron chi connectivity index (χ0n) is 16.3. The summed E-state index contributed by atoms with van der Waals surface area (Å²) in [7, 11) is 7.54. The Hall–Kier alpha value is -3.61. The molecule has 28 heavy (non-hydrogen) atoms. The van der Waals surface area contributed by atoms with Gasteiger partial charge in [-0.15, -0.1) is 0 Å².